The fourth-order valence-electron chi connectivity index (χ4n) is 4.31. The molecule has 1 aliphatic heterocycles. The van der Waals surface area contributed by atoms with Gasteiger partial charge in [0.05, 0.1) is 11.6 Å². The first-order valence-electron chi connectivity index (χ1n) is 12.1. The average molecular weight is 529 g/mol. The van der Waals surface area contributed by atoms with E-state index in [-0.39, 0.29) is 30.7 Å². The highest BCUT2D eigenvalue weighted by Gasteiger charge is 2.34. The minimum absolute atomic E-state index is 0.0181. The van der Waals surface area contributed by atoms with Crippen LogP contribution < -0.4 is 4.74 Å². The van der Waals surface area contributed by atoms with Crippen LogP contribution in [0.1, 0.15) is 47.1 Å². The molecule has 0 spiro atoms. The van der Waals surface area contributed by atoms with Crippen LogP contribution in [0.25, 0.3) is 0 Å². The minimum atomic E-state index is -0.584. The molecule has 2 aromatic carbocycles. The van der Waals surface area contributed by atoms with Gasteiger partial charge < -0.3 is 14.5 Å². The van der Waals surface area contributed by atoms with Crippen molar-refractivity contribution in [2.45, 2.75) is 32.7 Å². The minimum Gasteiger partial charge on any atom is -0.491 e. The zero-order valence-electron chi connectivity index (χ0n) is 20.5. The molecule has 0 saturated heterocycles. The summed E-state index contributed by atoms with van der Waals surface area (Å²) in [7, 11) is 0. The molecule has 36 heavy (non-hydrogen) atoms. The summed E-state index contributed by atoms with van der Waals surface area (Å²) in [6.07, 6.45) is 1.47. The number of benzene rings is 2. The maximum Gasteiger partial charge on any atom is 0.257 e. The van der Waals surface area contributed by atoms with E-state index in [0.717, 1.165) is 12.0 Å². The van der Waals surface area contributed by atoms with Crippen LogP contribution in [0, 0.1) is 11.7 Å². The van der Waals surface area contributed by atoms with Crippen molar-refractivity contribution in [2.24, 2.45) is 5.92 Å². The Labute approximate surface area is 220 Å². The number of thiophene rings is 1. The summed E-state index contributed by atoms with van der Waals surface area (Å²) in [6, 6.07) is 14.8. The maximum atomic E-state index is 14.4. The van der Waals surface area contributed by atoms with Crippen LogP contribution in [0.2, 0.25) is 5.02 Å². The van der Waals surface area contributed by atoms with Gasteiger partial charge >= 0.3 is 0 Å². The Morgan fingerprint density at radius 1 is 1.17 bits per heavy atom. The number of fused-ring (bicyclic) bond motifs is 1. The van der Waals surface area contributed by atoms with Gasteiger partial charge in [-0.15, -0.1) is 11.3 Å². The SMILES string of the molecule is CC(C)CCN(CC(=O)N1CCc2sccc2[C@H]1COc1ccc(Cl)cc1)C(=O)c1ccccc1F. The van der Waals surface area contributed by atoms with Crippen molar-refractivity contribution in [3.05, 3.63) is 86.8 Å². The fourth-order valence-corrected chi connectivity index (χ4v) is 5.36. The van der Waals surface area contributed by atoms with Gasteiger partial charge in [0.1, 0.15) is 24.7 Å². The van der Waals surface area contributed by atoms with Crippen molar-refractivity contribution in [3.63, 3.8) is 0 Å². The predicted octanol–water partition coefficient (Wildman–Crippen LogP) is 6.23. The lowest BCUT2D eigenvalue weighted by atomic mass is 10.00. The molecular formula is C28H30ClFN2O3S. The first-order chi connectivity index (χ1) is 17.3. The number of hydrogen-bond donors (Lipinski definition) is 0. The van der Waals surface area contributed by atoms with E-state index in [2.05, 4.69) is 13.8 Å². The van der Waals surface area contributed by atoms with Gasteiger partial charge in [-0.3, -0.25) is 9.59 Å². The molecule has 4 rings (SSSR count). The topological polar surface area (TPSA) is 49.9 Å². The second-order valence-corrected chi connectivity index (χ2v) is 10.7. The van der Waals surface area contributed by atoms with Gasteiger partial charge in [0.15, 0.2) is 0 Å². The third-order valence-corrected chi connectivity index (χ3v) is 7.58. The summed E-state index contributed by atoms with van der Waals surface area (Å²) in [5, 5.41) is 2.66. The smallest absolute Gasteiger partial charge is 0.257 e. The standard InChI is InChI=1S/C28H30ClFN2O3S/c1-19(2)11-14-31(28(34)22-5-3-4-6-24(22)30)17-27(33)32-15-12-26-23(13-16-36-26)25(32)18-35-21-9-7-20(29)8-10-21/h3-10,13,16,19,25H,11-12,14-15,17-18H2,1-2H3/t25-/m1/s1. The molecule has 3 aromatic rings. The monoisotopic (exact) mass is 528 g/mol. The number of halogens is 2. The van der Waals surface area contributed by atoms with Crippen LogP contribution in [-0.4, -0.2) is 47.9 Å². The van der Waals surface area contributed by atoms with Crippen LogP contribution in [0.4, 0.5) is 4.39 Å². The van der Waals surface area contributed by atoms with Crippen molar-refractivity contribution < 1.29 is 18.7 Å². The van der Waals surface area contributed by atoms with Gasteiger partial charge in [-0.25, -0.2) is 4.39 Å². The molecule has 0 aliphatic carbocycles. The molecule has 2 heterocycles. The molecule has 1 aliphatic rings. The lowest BCUT2D eigenvalue weighted by Crippen LogP contribution is -2.48. The number of nitrogens with zero attached hydrogens (tertiary/aromatic N) is 2. The second-order valence-electron chi connectivity index (χ2n) is 9.31. The van der Waals surface area contributed by atoms with E-state index in [1.165, 1.54) is 21.9 Å². The molecule has 5 nitrogen and oxygen atoms in total. The van der Waals surface area contributed by atoms with E-state index in [1.807, 2.05) is 11.4 Å². The number of carbonyl (C=O) groups is 2. The van der Waals surface area contributed by atoms with E-state index in [1.54, 1.807) is 52.6 Å². The van der Waals surface area contributed by atoms with Crippen LogP contribution in [0.15, 0.2) is 60.0 Å². The molecule has 0 unspecified atom stereocenters. The molecule has 0 saturated carbocycles. The Bertz CT molecular complexity index is 1200. The molecule has 190 valence electrons. The van der Waals surface area contributed by atoms with Crippen LogP contribution in [0.3, 0.4) is 0 Å². The molecule has 8 heteroatoms. The van der Waals surface area contributed by atoms with Gasteiger partial charge in [0, 0.05) is 23.0 Å². The van der Waals surface area contributed by atoms with Crippen molar-refractivity contribution in [1.29, 1.82) is 0 Å². The highest BCUT2D eigenvalue weighted by molar-refractivity contribution is 7.10. The van der Waals surface area contributed by atoms with Crippen LogP contribution in [0.5, 0.6) is 5.75 Å². The quantitative estimate of drug-likeness (QED) is 0.330. The van der Waals surface area contributed by atoms with E-state index in [0.29, 0.717) is 36.2 Å². The highest BCUT2D eigenvalue weighted by Crippen LogP contribution is 2.34. The lowest BCUT2D eigenvalue weighted by molar-refractivity contribution is -0.135. The second kappa shape index (κ2) is 11.9. The fraction of sp³-hybridized carbons (Fsp3) is 0.357. The van der Waals surface area contributed by atoms with E-state index in [9.17, 15) is 14.0 Å². The molecule has 2 amide bonds. The highest BCUT2D eigenvalue weighted by atomic mass is 35.5. The lowest BCUT2D eigenvalue weighted by Gasteiger charge is -2.37. The van der Waals surface area contributed by atoms with Crippen molar-refractivity contribution in [1.82, 2.24) is 9.80 Å². The predicted molar refractivity (Wildman–Crippen MR) is 141 cm³/mol. The summed E-state index contributed by atoms with van der Waals surface area (Å²) in [5.41, 5.74) is 1.05. The first-order valence-corrected chi connectivity index (χ1v) is 13.4. The molecule has 0 radical (unpaired) electrons. The van der Waals surface area contributed by atoms with Gasteiger partial charge in [-0.2, -0.15) is 0 Å². The first kappa shape index (κ1) is 26.2. The van der Waals surface area contributed by atoms with Crippen LogP contribution in [-0.2, 0) is 11.2 Å². The zero-order chi connectivity index (χ0) is 25.7. The van der Waals surface area contributed by atoms with E-state index >= 15 is 0 Å². The number of amides is 2. The average Bonchev–Trinajstić information content (AvgIpc) is 3.35. The molecule has 0 N–H and O–H groups in total. The summed E-state index contributed by atoms with van der Waals surface area (Å²) < 4.78 is 20.4. The van der Waals surface area contributed by atoms with Gasteiger partial charge in [-0.05, 0) is 72.2 Å². The van der Waals surface area contributed by atoms with Gasteiger partial charge in [0.25, 0.3) is 5.91 Å². The number of hydrogen-bond acceptors (Lipinski definition) is 4. The maximum absolute atomic E-state index is 14.4. The zero-order valence-corrected chi connectivity index (χ0v) is 22.0. The molecule has 1 aromatic heterocycles. The molecular weight excluding hydrogens is 499 g/mol. The van der Waals surface area contributed by atoms with Crippen LogP contribution >= 0.6 is 22.9 Å². The number of carbonyl (C=O) groups excluding carboxylic acids is 2. The van der Waals surface area contributed by atoms with E-state index < -0.39 is 11.7 Å². The van der Waals surface area contributed by atoms with E-state index in [4.69, 9.17) is 16.3 Å². The number of ether oxygens (including phenoxy) is 1. The Kier molecular flexibility index (Phi) is 8.64. The normalized spacial score (nSPS) is 15.0. The summed E-state index contributed by atoms with van der Waals surface area (Å²) in [5.74, 6) is -0.226. The van der Waals surface area contributed by atoms with Gasteiger partial charge in [0.2, 0.25) is 5.91 Å². The third-order valence-electron chi connectivity index (χ3n) is 6.33. The molecule has 0 bridgehead atoms. The van der Waals surface area contributed by atoms with Gasteiger partial charge in [-0.1, -0.05) is 37.6 Å². The molecule has 0 fully saturated rings. The summed E-state index contributed by atoms with van der Waals surface area (Å²) >= 11 is 7.67. The Morgan fingerprint density at radius 2 is 1.92 bits per heavy atom. The Morgan fingerprint density at radius 3 is 2.64 bits per heavy atom. The van der Waals surface area contributed by atoms with Crippen molar-refractivity contribution in [2.75, 3.05) is 26.2 Å². The summed E-state index contributed by atoms with van der Waals surface area (Å²) in [4.78, 5) is 31.4. The Hall–Kier alpha value is -2.90. The third kappa shape index (κ3) is 6.26. The van der Waals surface area contributed by atoms with Crippen molar-refractivity contribution >= 4 is 34.8 Å². The number of rotatable bonds is 9. The largest absolute Gasteiger partial charge is 0.491 e. The summed E-state index contributed by atoms with van der Waals surface area (Å²) in [6.45, 7) is 5.19. The van der Waals surface area contributed by atoms with Crippen molar-refractivity contribution in [3.8, 4) is 5.75 Å². The Balaban J connectivity index is 1.54. The molecule has 1 atom stereocenters.